The van der Waals surface area contributed by atoms with E-state index in [0.717, 1.165) is 24.8 Å². The molecule has 2 unspecified atom stereocenters. The van der Waals surface area contributed by atoms with Crippen molar-refractivity contribution in [3.05, 3.63) is 41.2 Å². The van der Waals surface area contributed by atoms with Gasteiger partial charge < -0.3 is 4.74 Å². The second-order valence-corrected chi connectivity index (χ2v) is 8.08. The number of nitriles is 1. The first-order chi connectivity index (χ1) is 12.3. The molecule has 0 aromatic heterocycles. The lowest BCUT2D eigenvalue weighted by Gasteiger charge is -2.45. The summed E-state index contributed by atoms with van der Waals surface area (Å²) < 4.78 is 20.1. The van der Waals surface area contributed by atoms with Crippen LogP contribution in [0.5, 0.6) is 0 Å². The first-order valence-electron chi connectivity index (χ1n) is 9.16. The quantitative estimate of drug-likeness (QED) is 0.762. The minimum Gasteiger partial charge on any atom is -0.444 e. The van der Waals surface area contributed by atoms with Crippen LogP contribution in [0.1, 0.15) is 57.6 Å². The number of amides is 1. The molecule has 0 N–H and O–H groups in total. The first kappa shape index (κ1) is 18.4. The Kier molecular flexibility index (Phi) is 5.04. The summed E-state index contributed by atoms with van der Waals surface area (Å²) in [6.45, 7) is 5.60. The Morgan fingerprint density at radius 2 is 2.15 bits per heavy atom. The van der Waals surface area contributed by atoms with E-state index in [1.54, 1.807) is 12.1 Å². The van der Waals surface area contributed by atoms with Crippen LogP contribution in [0.2, 0.25) is 0 Å². The third-order valence-corrected chi connectivity index (χ3v) is 4.90. The summed E-state index contributed by atoms with van der Waals surface area (Å²) >= 11 is 0. The smallest absolute Gasteiger partial charge is 0.411 e. The van der Waals surface area contributed by atoms with Crippen molar-refractivity contribution in [3.63, 3.8) is 0 Å². The molecule has 4 nitrogen and oxygen atoms in total. The summed E-state index contributed by atoms with van der Waals surface area (Å²) in [7, 11) is 0. The van der Waals surface area contributed by atoms with Crippen LogP contribution in [-0.2, 0) is 11.2 Å². The maximum absolute atomic E-state index is 14.6. The first-order valence-corrected chi connectivity index (χ1v) is 9.16. The van der Waals surface area contributed by atoms with Gasteiger partial charge in [-0.1, -0.05) is 18.2 Å². The number of hydrogen-bond donors (Lipinski definition) is 0. The molecule has 1 amide bonds. The maximum atomic E-state index is 14.6. The minimum atomic E-state index is -0.530. The molecule has 5 heteroatoms. The number of nitrogens with zero attached hydrogens (tertiary/aromatic N) is 2. The van der Waals surface area contributed by atoms with Crippen molar-refractivity contribution in [2.24, 2.45) is 0 Å². The van der Waals surface area contributed by atoms with Crippen LogP contribution in [0.15, 0.2) is 24.3 Å². The fourth-order valence-electron chi connectivity index (χ4n) is 3.85. The third-order valence-electron chi connectivity index (χ3n) is 4.90. The Bertz CT molecular complexity index is 773. The number of benzene rings is 1. The van der Waals surface area contributed by atoms with Crippen molar-refractivity contribution in [2.75, 3.05) is 0 Å². The van der Waals surface area contributed by atoms with E-state index >= 15 is 0 Å². The topological polar surface area (TPSA) is 53.3 Å². The summed E-state index contributed by atoms with van der Waals surface area (Å²) in [5, 5.41) is 8.77. The van der Waals surface area contributed by atoms with Crippen LogP contribution in [0, 0.1) is 17.1 Å². The van der Waals surface area contributed by atoms with Gasteiger partial charge in [0, 0.05) is 11.6 Å². The third kappa shape index (κ3) is 3.90. The van der Waals surface area contributed by atoms with Gasteiger partial charge in [0.2, 0.25) is 0 Å². The zero-order valence-electron chi connectivity index (χ0n) is 15.6. The summed E-state index contributed by atoms with van der Waals surface area (Å²) in [4.78, 5) is 14.5. The normalized spacial score (nSPS) is 22.4. The molecule has 2 heterocycles. The van der Waals surface area contributed by atoms with Crippen molar-refractivity contribution in [1.29, 1.82) is 5.26 Å². The van der Waals surface area contributed by atoms with Crippen LogP contribution in [-0.4, -0.2) is 28.7 Å². The van der Waals surface area contributed by atoms with Gasteiger partial charge in [0.1, 0.15) is 11.4 Å². The standard InChI is InChI=1S/C21H25FN2O2/c1-21(2,3)26-20(25)24-16-5-4-6-17(24)13-15(12-16)18-8-7-14(9-10-23)11-19(18)22/h7-8,11-12,16-17H,4-6,9,13H2,1-3H3. The van der Waals surface area contributed by atoms with Gasteiger partial charge in [-0.05, 0) is 63.7 Å². The Balaban J connectivity index is 1.87. The van der Waals surface area contributed by atoms with Crippen molar-refractivity contribution < 1.29 is 13.9 Å². The Morgan fingerprint density at radius 3 is 2.77 bits per heavy atom. The average molecular weight is 356 g/mol. The average Bonchev–Trinajstić information content (AvgIpc) is 2.52. The molecule has 0 radical (unpaired) electrons. The predicted molar refractivity (Wildman–Crippen MR) is 97.8 cm³/mol. The monoisotopic (exact) mass is 356 g/mol. The summed E-state index contributed by atoms with van der Waals surface area (Å²) in [6, 6.07) is 7.03. The molecule has 3 rings (SSSR count). The van der Waals surface area contributed by atoms with Crippen molar-refractivity contribution >= 4 is 11.7 Å². The second kappa shape index (κ2) is 7.11. The van der Waals surface area contributed by atoms with E-state index in [1.807, 2.05) is 37.8 Å². The highest BCUT2D eigenvalue weighted by Gasteiger charge is 2.39. The highest BCUT2D eigenvalue weighted by atomic mass is 19.1. The number of piperidine rings is 1. The van der Waals surface area contributed by atoms with Gasteiger partial charge in [-0.25, -0.2) is 9.18 Å². The number of ether oxygens (including phenoxy) is 1. The van der Waals surface area contributed by atoms with E-state index in [-0.39, 0.29) is 30.4 Å². The lowest BCUT2D eigenvalue weighted by molar-refractivity contribution is 0.0000782. The molecule has 0 spiro atoms. The molecule has 1 saturated heterocycles. The highest BCUT2D eigenvalue weighted by molar-refractivity contribution is 5.75. The molecule has 2 aliphatic heterocycles. The van der Waals surface area contributed by atoms with Crippen LogP contribution in [0.25, 0.3) is 5.57 Å². The second-order valence-electron chi connectivity index (χ2n) is 8.08. The zero-order valence-corrected chi connectivity index (χ0v) is 15.6. The van der Waals surface area contributed by atoms with Gasteiger partial charge in [0.25, 0.3) is 0 Å². The van der Waals surface area contributed by atoms with Gasteiger partial charge in [0.15, 0.2) is 0 Å². The molecule has 2 atom stereocenters. The lowest BCUT2D eigenvalue weighted by Crippen LogP contribution is -2.53. The molecular formula is C21H25FN2O2. The van der Waals surface area contributed by atoms with Gasteiger partial charge >= 0.3 is 6.09 Å². The molecule has 26 heavy (non-hydrogen) atoms. The molecule has 138 valence electrons. The van der Waals surface area contributed by atoms with Crippen LogP contribution >= 0.6 is 0 Å². The van der Waals surface area contributed by atoms with E-state index in [2.05, 4.69) is 0 Å². The van der Waals surface area contributed by atoms with E-state index in [9.17, 15) is 9.18 Å². The van der Waals surface area contributed by atoms with Crippen LogP contribution < -0.4 is 0 Å². The minimum absolute atomic E-state index is 0.0433. The number of hydrogen-bond acceptors (Lipinski definition) is 3. The fraction of sp³-hybridized carbons (Fsp3) is 0.524. The molecule has 1 aromatic carbocycles. The molecular weight excluding hydrogens is 331 g/mol. The Hall–Kier alpha value is -2.35. The summed E-state index contributed by atoms with van der Waals surface area (Å²) in [6.07, 6.45) is 5.39. The maximum Gasteiger partial charge on any atom is 0.411 e. The van der Waals surface area contributed by atoms with Crippen molar-refractivity contribution in [2.45, 2.75) is 70.6 Å². The summed E-state index contributed by atoms with van der Waals surface area (Å²) in [5.41, 5.74) is 1.67. The Labute approximate surface area is 154 Å². The predicted octanol–water partition coefficient (Wildman–Crippen LogP) is 4.84. The number of carbonyl (C=O) groups is 1. The van der Waals surface area contributed by atoms with Gasteiger partial charge in [-0.2, -0.15) is 5.26 Å². The molecule has 0 saturated carbocycles. The fourth-order valence-corrected chi connectivity index (χ4v) is 3.85. The molecule has 1 fully saturated rings. The van der Waals surface area contributed by atoms with Crippen LogP contribution in [0.3, 0.4) is 0 Å². The lowest BCUT2D eigenvalue weighted by atomic mass is 9.83. The van der Waals surface area contributed by atoms with Gasteiger partial charge in [-0.15, -0.1) is 0 Å². The van der Waals surface area contributed by atoms with E-state index in [0.29, 0.717) is 17.5 Å². The number of fused-ring (bicyclic) bond motifs is 2. The number of halogens is 1. The highest BCUT2D eigenvalue weighted by Crippen LogP contribution is 2.38. The van der Waals surface area contributed by atoms with Crippen molar-refractivity contribution in [3.8, 4) is 6.07 Å². The molecule has 1 aromatic rings. The van der Waals surface area contributed by atoms with Gasteiger partial charge in [0.05, 0.1) is 18.5 Å². The Morgan fingerprint density at radius 1 is 1.38 bits per heavy atom. The number of carbonyl (C=O) groups excluding carboxylic acids is 1. The van der Waals surface area contributed by atoms with E-state index < -0.39 is 5.60 Å². The molecule has 2 aliphatic rings. The SMILES string of the molecule is CC(C)(C)OC(=O)N1C2C=C(c3ccc(CC#N)cc3F)CC1CCC2. The van der Waals surface area contributed by atoms with E-state index in [4.69, 9.17) is 10.00 Å². The van der Waals surface area contributed by atoms with Crippen LogP contribution in [0.4, 0.5) is 9.18 Å². The summed E-state index contributed by atoms with van der Waals surface area (Å²) in [5.74, 6) is -0.298. The largest absolute Gasteiger partial charge is 0.444 e. The zero-order chi connectivity index (χ0) is 18.9. The molecule has 2 bridgehead atoms. The van der Waals surface area contributed by atoms with Gasteiger partial charge in [-0.3, -0.25) is 4.90 Å². The van der Waals surface area contributed by atoms with Crippen molar-refractivity contribution in [1.82, 2.24) is 4.90 Å². The molecule has 0 aliphatic carbocycles. The number of rotatable bonds is 2. The van der Waals surface area contributed by atoms with E-state index in [1.165, 1.54) is 6.07 Å².